The van der Waals surface area contributed by atoms with E-state index in [2.05, 4.69) is 112 Å². The van der Waals surface area contributed by atoms with E-state index in [1.165, 1.54) is 44.2 Å². The Bertz CT molecular complexity index is 1150. The Morgan fingerprint density at radius 1 is 0.852 bits per heavy atom. The Labute approximate surface area is 162 Å². The molecule has 0 fully saturated rings. The summed E-state index contributed by atoms with van der Waals surface area (Å²) in [6.45, 7) is 11.1. The summed E-state index contributed by atoms with van der Waals surface area (Å²) in [5.74, 6) is 0. The van der Waals surface area contributed by atoms with Gasteiger partial charge in [-0.3, -0.25) is 0 Å². The Morgan fingerprint density at radius 2 is 1.59 bits per heavy atom. The van der Waals surface area contributed by atoms with Crippen molar-refractivity contribution in [2.24, 2.45) is 0 Å². The number of fused-ring (bicyclic) bond motifs is 3. The molecule has 0 radical (unpaired) electrons. The van der Waals surface area contributed by atoms with E-state index >= 15 is 0 Å². The van der Waals surface area contributed by atoms with Crippen LogP contribution in [0.4, 0.5) is 0 Å². The summed E-state index contributed by atoms with van der Waals surface area (Å²) >= 11 is 0. The second kappa shape index (κ2) is 6.42. The fourth-order valence-electron chi connectivity index (χ4n) is 3.96. The number of allylic oxidation sites excluding steroid dienone is 1. The van der Waals surface area contributed by atoms with E-state index in [9.17, 15) is 0 Å². The molecular weight excluding hydrogens is 326 g/mol. The normalized spacial score (nSPS) is 12.5. The van der Waals surface area contributed by atoms with E-state index in [1.54, 1.807) is 0 Å². The van der Waals surface area contributed by atoms with Crippen LogP contribution in [0.3, 0.4) is 0 Å². The number of rotatable bonds is 2. The van der Waals surface area contributed by atoms with E-state index in [0.29, 0.717) is 0 Å². The lowest BCUT2D eigenvalue weighted by atomic mass is 9.86. The summed E-state index contributed by atoms with van der Waals surface area (Å²) in [4.78, 5) is 0. The van der Waals surface area contributed by atoms with Crippen LogP contribution in [0.15, 0.2) is 66.7 Å². The Hall–Kier alpha value is -2.80. The second-order valence-electron chi connectivity index (χ2n) is 8.33. The van der Waals surface area contributed by atoms with Gasteiger partial charge in [-0.15, -0.1) is 0 Å². The second-order valence-corrected chi connectivity index (χ2v) is 8.33. The molecule has 4 rings (SSSR count). The summed E-state index contributed by atoms with van der Waals surface area (Å²) in [5.41, 5.74) is 7.89. The molecule has 27 heavy (non-hydrogen) atoms. The molecule has 0 aliphatic heterocycles. The zero-order valence-corrected chi connectivity index (χ0v) is 16.9. The third kappa shape index (κ3) is 2.88. The molecule has 0 unspecified atom stereocenters. The summed E-state index contributed by atoms with van der Waals surface area (Å²) in [7, 11) is 0. The van der Waals surface area contributed by atoms with Gasteiger partial charge < -0.3 is 4.57 Å². The standard InChI is InChI=1S/C26H27N/c1-6-10-19-13-15-22-23-17-20(26(3,4)5)14-16-24(23)27(25(22)18(19)2)21-11-8-7-9-12-21/h6-17H,1-5H3/b10-6-. The van der Waals surface area contributed by atoms with Gasteiger partial charge in [0.1, 0.15) is 0 Å². The lowest BCUT2D eigenvalue weighted by Gasteiger charge is -2.19. The van der Waals surface area contributed by atoms with E-state index in [-0.39, 0.29) is 5.41 Å². The molecular formula is C26H27N. The average Bonchev–Trinajstić information content (AvgIpc) is 2.98. The molecule has 1 heteroatoms. The number of hydrogen-bond acceptors (Lipinski definition) is 0. The molecule has 0 aliphatic carbocycles. The van der Waals surface area contributed by atoms with Gasteiger partial charge in [-0.25, -0.2) is 0 Å². The lowest BCUT2D eigenvalue weighted by Crippen LogP contribution is -2.10. The van der Waals surface area contributed by atoms with Crippen LogP contribution in [0.2, 0.25) is 0 Å². The highest BCUT2D eigenvalue weighted by Crippen LogP contribution is 2.37. The zero-order valence-electron chi connectivity index (χ0n) is 16.9. The Kier molecular flexibility index (Phi) is 4.19. The maximum atomic E-state index is 2.42. The number of para-hydroxylation sites is 1. The number of benzene rings is 3. The molecule has 136 valence electrons. The van der Waals surface area contributed by atoms with E-state index in [1.807, 2.05) is 0 Å². The average molecular weight is 354 g/mol. The quantitative estimate of drug-likeness (QED) is 0.353. The van der Waals surface area contributed by atoms with Crippen LogP contribution in [0.5, 0.6) is 0 Å². The smallest absolute Gasteiger partial charge is 0.0576 e. The first-order chi connectivity index (χ1) is 12.9. The summed E-state index contributed by atoms with van der Waals surface area (Å²) in [6.07, 6.45) is 4.31. The maximum Gasteiger partial charge on any atom is 0.0576 e. The molecule has 0 N–H and O–H groups in total. The molecule has 1 aromatic heterocycles. The summed E-state index contributed by atoms with van der Waals surface area (Å²) < 4.78 is 2.42. The Balaban J connectivity index is 2.18. The zero-order chi connectivity index (χ0) is 19.2. The predicted octanol–water partition coefficient (Wildman–Crippen LogP) is 7.42. The molecule has 0 amide bonds. The molecule has 4 aromatic rings. The van der Waals surface area contributed by atoms with Crippen molar-refractivity contribution in [3.05, 3.63) is 83.4 Å². The highest BCUT2D eigenvalue weighted by Gasteiger charge is 2.19. The summed E-state index contributed by atoms with van der Waals surface area (Å²) in [6, 6.07) is 22.2. The first kappa shape index (κ1) is 17.6. The fraction of sp³-hybridized carbons (Fsp3) is 0.231. The van der Waals surface area contributed by atoms with Gasteiger partial charge in [0.2, 0.25) is 0 Å². The lowest BCUT2D eigenvalue weighted by molar-refractivity contribution is 0.591. The molecule has 0 bridgehead atoms. The third-order valence-corrected chi connectivity index (χ3v) is 5.45. The van der Waals surface area contributed by atoms with Crippen molar-refractivity contribution in [1.29, 1.82) is 0 Å². The number of aryl methyl sites for hydroxylation is 1. The number of aromatic nitrogens is 1. The predicted molar refractivity (Wildman–Crippen MR) is 119 cm³/mol. The van der Waals surface area contributed by atoms with Crippen LogP contribution in [0, 0.1) is 6.92 Å². The fourth-order valence-corrected chi connectivity index (χ4v) is 3.96. The van der Waals surface area contributed by atoms with Crippen molar-refractivity contribution in [3.8, 4) is 5.69 Å². The van der Waals surface area contributed by atoms with Crippen molar-refractivity contribution in [1.82, 2.24) is 4.57 Å². The van der Waals surface area contributed by atoms with Crippen molar-refractivity contribution >= 4 is 27.9 Å². The molecule has 0 spiro atoms. The molecule has 0 saturated carbocycles. The first-order valence-corrected chi connectivity index (χ1v) is 9.68. The van der Waals surface area contributed by atoms with Gasteiger partial charge in [0.15, 0.2) is 0 Å². The van der Waals surface area contributed by atoms with E-state index in [4.69, 9.17) is 0 Å². The monoisotopic (exact) mass is 353 g/mol. The van der Waals surface area contributed by atoms with Gasteiger partial charge in [0.05, 0.1) is 11.0 Å². The van der Waals surface area contributed by atoms with E-state index < -0.39 is 0 Å². The molecule has 0 atom stereocenters. The van der Waals surface area contributed by atoms with Crippen molar-refractivity contribution in [3.63, 3.8) is 0 Å². The third-order valence-electron chi connectivity index (χ3n) is 5.45. The number of hydrogen-bond donors (Lipinski definition) is 0. The van der Waals surface area contributed by atoms with Gasteiger partial charge in [-0.05, 0) is 60.2 Å². The highest BCUT2D eigenvalue weighted by atomic mass is 15.0. The SMILES string of the molecule is C/C=C\c1ccc2c3cc(C(C)(C)C)ccc3n(-c3ccccc3)c2c1C. The molecule has 1 heterocycles. The molecule has 1 nitrogen and oxygen atoms in total. The van der Waals surface area contributed by atoms with Gasteiger partial charge >= 0.3 is 0 Å². The topological polar surface area (TPSA) is 4.93 Å². The maximum absolute atomic E-state index is 2.42. The van der Waals surface area contributed by atoms with Crippen molar-refractivity contribution in [2.75, 3.05) is 0 Å². The summed E-state index contributed by atoms with van der Waals surface area (Å²) in [5, 5.41) is 2.65. The van der Waals surface area contributed by atoms with Gasteiger partial charge in [-0.2, -0.15) is 0 Å². The van der Waals surface area contributed by atoms with Crippen LogP contribution in [0.1, 0.15) is 44.4 Å². The minimum atomic E-state index is 0.134. The van der Waals surface area contributed by atoms with Crippen molar-refractivity contribution < 1.29 is 0 Å². The highest BCUT2D eigenvalue weighted by molar-refractivity contribution is 6.11. The Morgan fingerprint density at radius 3 is 2.26 bits per heavy atom. The van der Waals surface area contributed by atoms with Crippen LogP contribution in [0.25, 0.3) is 33.6 Å². The molecule has 3 aromatic carbocycles. The van der Waals surface area contributed by atoms with E-state index in [0.717, 1.165) is 0 Å². The first-order valence-electron chi connectivity index (χ1n) is 9.68. The van der Waals surface area contributed by atoms with Gasteiger partial charge in [0, 0.05) is 16.5 Å². The minimum absolute atomic E-state index is 0.134. The van der Waals surface area contributed by atoms with Crippen LogP contribution in [-0.4, -0.2) is 4.57 Å². The minimum Gasteiger partial charge on any atom is -0.309 e. The molecule has 0 aliphatic rings. The van der Waals surface area contributed by atoms with Crippen LogP contribution >= 0.6 is 0 Å². The molecule has 0 saturated heterocycles. The number of nitrogens with zero attached hydrogens (tertiary/aromatic N) is 1. The largest absolute Gasteiger partial charge is 0.309 e. The van der Waals surface area contributed by atoms with Crippen molar-refractivity contribution in [2.45, 2.75) is 40.0 Å². The van der Waals surface area contributed by atoms with Gasteiger partial charge in [-0.1, -0.05) is 69.3 Å². The van der Waals surface area contributed by atoms with Crippen LogP contribution in [-0.2, 0) is 5.41 Å². The van der Waals surface area contributed by atoms with Crippen LogP contribution < -0.4 is 0 Å². The van der Waals surface area contributed by atoms with Gasteiger partial charge in [0.25, 0.3) is 0 Å².